The van der Waals surface area contributed by atoms with E-state index in [0.29, 0.717) is 17.0 Å². The molecule has 0 aliphatic carbocycles. The molecule has 0 aromatic heterocycles. The highest BCUT2D eigenvalue weighted by Gasteiger charge is 2.12. The second-order valence-electron chi connectivity index (χ2n) is 6.47. The van der Waals surface area contributed by atoms with Gasteiger partial charge in [0.15, 0.2) is 0 Å². The van der Waals surface area contributed by atoms with Gasteiger partial charge in [-0.25, -0.2) is 9.82 Å². The summed E-state index contributed by atoms with van der Waals surface area (Å²) in [7, 11) is 0. The number of hydrogen-bond acceptors (Lipinski definition) is 4. The Morgan fingerprint density at radius 2 is 1.67 bits per heavy atom. The number of aryl methyl sites for hydroxylation is 1. The van der Waals surface area contributed by atoms with E-state index in [1.807, 2.05) is 19.1 Å². The molecule has 3 aromatic rings. The Morgan fingerprint density at radius 3 is 2.40 bits per heavy atom. The maximum Gasteiger partial charge on any atom is 0.329 e. The van der Waals surface area contributed by atoms with E-state index in [0.717, 1.165) is 11.1 Å². The highest BCUT2D eigenvalue weighted by atomic mass is 19.1. The summed E-state index contributed by atoms with van der Waals surface area (Å²) in [6.07, 6.45) is 1.39. The SMILES string of the molecule is Cc1ccc(NC(=O)C(=O)N/N=C\c2ccccc2OCc2ccc(F)cc2)cc1. The van der Waals surface area contributed by atoms with Crippen molar-refractivity contribution in [2.45, 2.75) is 13.5 Å². The fourth-order valence-corrected chi connectivity index (χ4v) is 2.50. The average molecular weight is 405 g/mol. The number of nitrogens with zero attached hydrogens (tertiary/aromatic N) is 1. The Labute approximate surface area is 173 Å². The molecule has 30 heavy (non-hydrogen) atoms. The molecule has 7 heteroatoms. The van der Waals surface area contributed by atoms with Crippen LogP contribution in [0, 0.1) is 12.7 Å². The van der Waals surface area contributed by atoms with Crippen LogP contribution in [0.1, 0.15) is 16.7 Å². The number of carbonyl (C=O) groups is 2. The Hall–Kier alpha value is -4.00. The number of carbonyl (C=O) groups excluding carboxylic acids is 2. The summed E-state index contributed by atoms with van der Waals surface area (Å²) in [5.41, 5.74) is 5.17. The first-order chi connectivity index (χ1) is 14.5. The molecular weight excluding hydrogens is 385 g/mol. The number of hydrogen-bond donors (Lipinski definition) is 2. The lowest BCUT2D eigenvalue weighted by Gasteiger charge is -2.09. The largest absolute Gasteiger partial charge is 0.488 e. The zero-order valence-corrected chi connectivity index (χ0v) is 16.3. The van der Waals surface area contributed by atoms with Crippen LogP contribution in [0.4, 0.5) is 10.1 Å². The minimum Gasteiger partial charge on any atom is -0.488 e. The Bertz CT molecular complexity index is 1050. The van der Waals surface area contributed by atoms with Gasteiger partial charge in [-0.15, -0.1) is 0 Å². The van der Waals surface area contributed by atoms with Crippen molar-refractivity contribution >= 4 is 23.7 Å². The third kappa shape index (κ3) is 6.00. The molecule has 0 radical (unpaired) electrons. The smallest absolute Gasteiger partial charge is 0.329 e. The molecule has 3 rings (SSSR count). The topological polar surface area (TPSA) is 79.8 Å². The van der Waals surface area contributed by atoms with E-state index in [-0.39, 0.29) is 12.4 Å². The molecule has 0 bridgehead atoms. The van der Waals surface area contributed by atoms with Crippen molar-refractivity contribution in [2.75, 3.05) is 5.32 Å². The first kappa shape index (κ1) is 20.7. The number of anilines is 1. The monoisotopic (exact) mass is 405 g/mol. The van der Waals surface area contributed by atoms with E-state index in [1.54, 1.807) is 48.5 Å². The maximum atomic E-state index is 13.0. The van der Waals surface area contributed by atoms with Crippen LogP contribution in [0.15, 0.2) is 77.9 Å². The normalized spacial score (nSPS) is 10.6. The highest BCUT2D eigenvalue weighted by molar-refractivity contribution is 6.39. The van der Waals surface area contributed by atoms with Crippen molar-refractivity contribution in [1.82, 2.24) is 5.43 Å². The van der Waals surface area contributed by atoms with Gasteiger partial charge in [-0.1, -0.05) is 42.0 Å². The second-order valence-corrected chi connectivity index (χ2v) is 6.47. The lowest BCUT2D eigenvalue weighted by molar-refractivity contribution is -0.136. The Balaban J connectivity index is 1.56. The number of halogens is 1. The standard InChI is InChI=1S/C23H20FN3O3/c1-16-6-12-20(13-7-16)26-22(28)23(29)27-25-14-18-4-2-3-5-21(18)30-15-17-8-10-19(24)11-9-17/h2-14H,15H2,1H3,(H,26,28)(H,27,29)/b25-14-. The van der Waals surface area contributed by atoms with E-state index >= 15 is 0 Å². The molecule has 0 spiro atoms. The van der Waals surface area contributed by atoms with Gasteiger partial charge in [-0.3, -0.25) is 9.59 Å². The van der Waals surface area contributed by atoms with E-state index < -0.39 is 11.8 Å². The van der Waals surface area contributed by atoms with E-state index in [1.165, 1.54) is 18.3 Å². The summed E-state index contributed by atoms with van der Waals surface area (Å²) in [5, 5.41) is 6.33. The predicted octanol–water partition coefficient (Wildman–Crippen LogP) is 3.80. The third-order valence-corrected chi connectivity index (χ3v) is 4.11. The fourth-order valence-electron chi connectivity index (χ4n) is 2.50. The molecule has 152 valence electrons. The first-order valence-electron chi connectivity index (χ1n) is 9.18. The molecule has 6 nitrogen and oxygen atoms in total. The van der Waals surface area contributed by atoms with Crippen LogP contribution in [0.25, 0.3) is 0 Å². The van der Waals surface area contributed by atoms with Crippen LogP contribution in [0.5, 0.6) is 5.75 Å². The van der Waals surface area contributed by atoms with Gasteiger partial charge >= 0.3 is 11.8 Å². The molecule has 0 fully saturated rings. The Morgan fingerprint density at radius 1 is 0.967 bits per heavy atom. The summed E-state index contributed by atoms with van der Waals surface area (Å²) in [6, 6.07) is 20.2. The molecule has 3 aromatic carbocycles. The number of hydrazone groups is 1. The number of para-hydroxylation sites is 1. The number of benzene rings is 3. The summed E-state index contributed by atoms with van der Waals surface area (Å²) >= 11 is 0. The molecule has 0 saturated carbocycles. The van der Waals surface area contributed by atoms with Crippen molar-refractivity contribution in [3.05, 3.63) is 95.3 Å². The minimum absolute atomic E-state index is 0.246. The fraction of sp³-hybridized carbons (Fsp3) is 0.0870. The predicted molar refractivity (Wildman–Crippen MR) is 113 cm³/mol. The van der Waals surface area contributed by atoms with Crippen molar-refractivity contribution in [1.29, 1.82) is 0 Å². The van der Waals surface area contributed by atoms with Gasteiger partial charge in [0, 0.05) is 11.3 Å². The number of rotatable bonds is 6. The van der Waals surface area contributed by atoms with Gasteiger partial charge in [0.2, 0.25) is 0 Å². The third-order valence-electron chi connectivity index (χ3n) is 4.11. The van der Waals surface area contributed by atoms with Crippen LogP contribution >= 0.6 is 0 Å². The summed E-state index contributed by atoms with van der Waals surface area (Å²) < 4.78 is 18.7. The molecule has 0 unspecified atom stereocenters. The molecule has 2 N–H and O–H groups in total. The first-order valence-corrected chi connectivity index (χ1v) is 9.18. The van der Waals surface area contributed by atoms with E-state index in [2.05, 4.69) is 15.8 Å². The van der Waals surface area contributed by atoms with Gasteiger partial charge in [0.25, 0.3) is 0 Å². The van der Waals surface area contributed by atoms with Crippen molar-refractivity contribution in [2.24, 2.45) is 5.10 Å². The van der Waals surface area contributed by atoms with Crippen LogP contribution in [-0.2, 0) is 16.2 Å². The van der Waals surface area contributed by atoms with E-state index in [9.17, 15) is 14.0 Å². The van der Waals surface area contributed by atoms with Crippen LogP contribution < -0.4 is 15.5 Å². The van der Waals surface area contributed by atoms with E-state index in [4.69, 9.17) is 4.74 Å². The second kappa shape index (κ2) is 9.97. The lowest BCUT2D eigenvalue weighted by Crippen LogP contribution is -2.32. The van der Waals surface area contributed by atoms with Crippen LogP contribution in [0.2, 0.25) is 0 Å². The highest BCUT2D eigenvalue weighted by Crippen LogP contribution is 2.17. The van der Waals surface area contributed by atoms with Crippen molar-refractivity contribution in [3.63, 3.8) is 0 Å². The van der Waals surface area contributed by atoms with Gasteiger partial charge in [0.05, 0.1) is 6.21 Å². The summed E-state index contributed by atoms with van der Waals surface area (Å²) in [5.74, 6) is -1.49. The molecule has 0 aliphatic rings. The van der Waals surface area contributed by atoms with Crippen molar-refractivity contribution < 1.29 is 18.7 Å². The molecular formula is C23H20FN3O3. The zero-order chi connectivity index (χ0) is 21.3. The molecule has 0 saturated heterocycles. The molecule has 0 atom stereocenters. The van der Waals surface area contributed by atoms with Gasteiger partial charge in [-0.05, 0) is 48.9 Å². The molecule has 2 amide bonds. The number of ether oxygens (including phenoxy) is 1. The Kier molecular flexibility index (Phi) is 6.89. The zero-order valence-electron chi connectivity index (χ0n) is 16.3. The van der Waals surface area contributed by atoms with Crippen molar-refractivity contribution in [3.8, 4) is 5.75 Å². The maximum absolute atomic E-state index is 13.0. The van der Waals surface area contributed by atoms with Crippen LogP contribution in [-0.4, -0.2) is 18.0 Å². The van der Waals surface area contributed by atoms with Gasteiger partial charge in [0.1, 0.15) is 18.2 Å². The number of nitrogens with one attached hydrogen (secondary N) is 2. The van der Waals surface area contributed by atoms with Gasteiger partial charge < -0.3 is 10.1 Å². The quantitative estimate of drug-likeness (QED) is 0.372. The minimum atomic E-state index is -0.892. The van der Waals surface area contributed by atoms with Gasteiger partial charge in [-0.2, -0.15) is 5.10 Å². The summed E-state index contributed by atoms with van der Waals surface area (Å²) in [6.45, 7) is 2.17. The average Bonchev–Trinajstić information content (AvgIpc) is 2.75. The summed E-state index contributed by atoms with van der Waals surface area (Å²) in [4.78, 5) is 23.9. The lowest BCUT2D eigenvalue weighted by atomic mass is 10.2. The molecule has 0 aliphatic heterocycles. The molecule has 0 heterocycles. The van der Waals surface area contributed by atoms with Crippen LogP contribution in [0.3, 0.4) is 0 Å². The number of amides is 2.